The predicted octanol–water partition coefficient (Wildman–Crippen LogP) is 4.90. The number of fused-ring (bicyclic) bond motifs is 1. The van der Waals surface area contributed by atoms with E-state index in [1.54, 1.807) is 13.2 Å². The summed E-state index contributed by atoms with van der Waals surface area (Å²) in [6, 6.07) is 3.65. The Morgan fingerprint density at radius 2 is 1.90 bits per heavy atom. The van der Waals surface area contributed by atoms with Crippen molar-refractivity contribution in [2.45, 2.75) is 31.7 Å². The van der Waals surface area contributed by atoms with Gasteiger partial charge in [0.25, 0.3) is 0 Å². The number of hydrogen-bond donors (Lipinski definition) is 0. The van der Waals surface area contributed by atoms with Crippen LogP contribution in [0.5, 0.6) is 0 Å². The molecule has 0 unspecified atom stereocenters. The van der Waals surface area contributed by atoms with Crippen LogP contribution in [0.2, 0.25) is 10.0 Å². The van der Waals surface area contributed by atoms with Gasteiger partial charge in [0.15, 0.2) is 0 Å². The fourth-order valence-corrected chi connectivity index (χ4v) is 2.73. The Kier molecular flexibility index (Phi) is 5.97. The van der Waals surface area contributed by atoms with Crippen LogP contribution in [0.1, 0.15) is 25.1 Å². The summed E-state index contributed by atoms with van der Waals surface area (Å²) in [4.78, 5) is 4.51. The number of alkyl halides is 1. The highest BCUT2D eigenvalue weighted by Gasteiger charge is 2.12. The van der Waals surface area contributed by atoms with Crippen LogP contribution < -0.4 is 0 Å². The average molecular weight is 336 g/mol. The van der Waals surface area contributed by atoms with Crippen molar-refractivity contribution in [2.75, 3.05) is 13.7 Å². The van der Waals surface area contributed by atoms with Gasteiger partial charge in [0, 0.05) is 20.3 Å². The molecule has 0 N–H and O–H groups in total. The first-order valence-electron chi connectivity index (χ1n) is 6.56. The number of benzene rings is 1. The highest BCUT2D eigenvalue weighted by atomic mass is 35.5. The van der Waals surface area contributed by atoms with E-state index in [4.69, 9.17) is 39.5 Å². The molecule has 6 heteroatoms. The van der Waals surface area contributed by atoms with Crippen LogP contribution in [0, 0.1) is 0 Å². The number of aromatic nitrogens is 2. The molecule has 0 aliphatic carbocycles. The molecule has 20 heavy (non-hydrogen) atoms. The quantitative estimate of drug-likeness (QED) is 0.531. The van der Waals surface area contributed by atoms with E-state index < -0.39 is 0 Å². The van der Waals surface area contributed by atoms with E-state index in [2.05, 4.69) is 9.55 Å². The van der Waals surface area contributed by atoms with Crippen LogP contribution in [0.4, 0.5) is 0 Å². The number of unbranched alkanes of at least 4 members (excludes halogenated alkanes) is 2. The van der Waals surface area contributed by atoms with Gasteiger partial charge >= 0.3 is 0 Å². The van der Waals surface area contributed by atoms with E-state index in [1.807, 2.05) is 6.07 Å². The molecular weight excluding hydrogens is 319 g/mol. The number of hydrogen-bond acceptors (Lipinski definition) is 2. The molecule has 0 aliphatic heterocycles. The summed E-state index contributed by atoms with van der Waals surface area (Å²) in [5.41, 5.74) is 1.83. The zero-order chi connectivity index (χ0) is 14.5. The Labute approximate surface area is 133 Å². The molecule has 0 atom stereocenters. The summed E-state index contributed by atoms with van der Waals surface area (Å²) < 4.78 is 7.17. The van der Waals surface area contributed by atoms with Gasteiger partial charge in [0.05, 0.1) is 27.0 Å². The summed E-state index contributed by atoms with van der Waals surface area (Å²) in [6.07, 6.45) is 3.22. The third kappa shape index (κ3) is 3.59. The van der Waals surface area contributed by atoms with Crippen LogP contribution in [-0.4, -0.2) is 23.3 Å². The SMILES string of the molecule is COCCCCCn1c(CCl)nc2cc(Cl)c(Cl)cc21. The van der Waals surface area contributed by atoms with Crippen molar-refractivity contribution in [1.82, 2.24) is 9.55 Å². The van der Waals surface area contributed by atoms with Crippen LogP contribution in [0.3, 0.4) is 0 Å². The number of rotatable bonds is 7. The minimum atomic E-state index is 0.377. The number of imidazole rings is 1. The van der Waals surface area contributed by atoms with Crippen molar-refractivity contribution in [3.05, 3.63) is 28.0 Å². The Morgan fingerprint density at radius 1 is 1.15 bits per heavy atom. The maximum atomic E-state index is 6.09. The summed E-state index contributed by atoms with van der Waals surface area (Å²) in [7, 11) is 1.72. The molecule has 110 valence electrons. The molecule has 0 aliphatic rings. The molecule has 0 radical (unpaired) electrons. The van der Waals surface area contributed by atoms with Crippen molar-refractivity contribution < 1.29 is 4.74 Å². The fraction of sp³-hybridized carbons (Fsp3) is 0.500. The lowest BCUT2D eigenvalue weighted by atomic mass is 10.2. The Bertz CT molecular complexity index is 583. The average Bonchev–Trinajstić information content (AvgIpc) is 2.76. The Morgan fingerprint density at radius 3 is 2.60 bits per heavy atom. The zero-order valence-corrected chi connectivity index (χ0v) is 13.6. The minimum absolute atomic E-state index is 0.377. The van der Waals surface area contributed by atoms with E-state index in [-0.39, 0.29) is 0 Å². The number of halogens is 3. The first-order valence-corrected chi connectivity index (χ1v) is 7.85. The molecule has 0 spiro atoms. The molecule has 0 bridgehead atoms. The number of ether oxygens (including phenoxy) is 1. The van der Waals surface area contributed by atoms with Gasteiger partial charge in [-0.1, -0.05) is 23.2 Å². The number of methoxy groups -OCH3 is 1. The molecular formula is C14H17Cl3N2O. The van der Waals surface area contributed by atoms with E-state index in [0.717, 1.165) is 49.3 Å². The monoisotopic (exact) mass is 334 g/mol. The van der Waals surface area contributed by atoms with Crippen molar-refractivity contribution in [1.29, 1.82) is 0 Å². The second-order valence-electron chi connectivity index (χ2n) is 4.62. The van der Waals surface area contributed by atoms with E-state index in [1.165, 1.54) is 0 Å². The number of nitrogens with zero attached hydrogens (tertiary/aromatic N) is 2. The second-order valence-corrected chi connectivity index (χ2v) is 5.70. The molecule has 3 nitrogen and oxygen atoms in total. The second kappa shape index (κ2) is 7.51. The largest absolute Gasteiger partial charge is 0.385 e. The molecule has 2 aromatic rings. The summed E-state index contributed by atoms with van der Waals surface area (Å²) >= 11 is 18.1. The maximum absolute atomic E-state index is 6.09. The van der Waals surface area contributed by atoms with Crippen molar-refractivity contribution in [3.8, 4) is 0 Å². The topological polar surface area (TPSA) is 27.1 Å². The summed E-state index contributed by atoms with van der Waals surface area (Å²) in [5, 5.41) is 1.06. The molecule has 0 saturated carbocycles. The minimum Gasteiger partial charge on any atom is -0.385 e. The molecule has 2 rings (SSSR count). The van der Waals surface area contributed by atoms with Crippen molar-refractivity contribution in [3.63, 3.8) is 0 Å². The molecule has 0 amide bonds. The highest BCUT2D eigenvalue weighted by molar-refractivity contribution is 6.42. The zero-order valence-electron chi connectivity index (χ0n) is 11.3. The van der Waals surface area contributed by atoms with Gasteiger partial charge in [-0.05, 0) is 31.4 Å². The van der Waals surface area contributed by atoms with Crippen molar-refractivity contribution >= 4 is 45.8 Å². The third-order valence-corrected chi connectivity index (χ3v) is 4.18. The first kappa shape index (κ1) is 15.9. The molecule has 0 fully saturated rings. The van der Waals surface area contributed by atoms with Gasteiger partial charge in [-0.3, -0.25) is 0 Å². The Balaban J connectivity index is 2.19. The summed E-state index contributed by atoms with van der Waals surface area (Å²) in [6.45, 7) is 1.68. The van der Waals surface area contributed by atoms with Gasteiger partial charge in [-0.15, -0.1) is 11.6 Å². The van der Waals surface area contributed by atoms with Crippen LogP contribution in [-0.2, 0) is 17.2 Å². The van der Waals surface area contributed by atoms with Gasteiger partial charge in [0.2, 0.25) is 0 Å². The van der Waals surface area contributed by atoms with Crippen LogP contribution >= 0.6 is 34.8 Å². The van der Waals surface area contributed by atoms with Gasteiger partial charge in [0.1, 0.15) is 5.82 Å². The molecule has 1 aromatic heterocycles. The maximum Gasteiger partial charge on any atom is 0.124 e. The molecule has 0 saturated heterocycles. The van der Waals surface area contributed by atoms with E-state index in [0.29, 0.717) is 15.9 Å². The van der Waals surface area contributed by atoms with Crippen molar-refractivity contribution in [2.24, 2.45) is 0 Å². The predicted molar refractivity (Wildman–Crippen MR) is 85.0 cm³/mol. The lowest BCUT2D eigenvalue weighted by Crippen LogP contribution is -2.03. The lowest BCUT2D eigenvalue weighted by molar-refractivity contribution is 0.191. The Hall–Kier alpha value is -0.480. The number of aryl methyl sites for hydroxylation is 1. The fourth-order valence-electron chi connectivity index (χ4n) is 2.21. The summed E-state index contributed by atoms with van der Waals surface area (Å²) in [5.74, 6) is 1.23. The van der Waals surface area contributed by atoms with Crippen LogP contribution in [0.25, 0.3) is 11.0 Å². The molecule has 1 aromatic carbocycles. The molecule has 1 heterocycles. The van der Waals surface area contributed by atoms with E-state index >= 15 is 0 Å². The highest BCUT2D eigenvalue weighted by Crippen LogP contribution is 2.29. The first-order chi connectivity index (χ1) is 9.67. The lowest BCUT2D eigenvalue weighted by Gasteiger charge is -2.08. The standard InChI is InChI=1S/C14H17Cl3N2O/c1-20-6-4-2-3-5-19-13-8-11(17)10(16)7-12(13)18-14(19)9-15/h7-8H,2-6,9H2,1H3. The van der Waals surface area contributed by atoms with Gasteiger partial charge < -0.3 is 9.30 Å². The third-order valence-electron chi connectivity index (χ3n) is 3.22. The normalized spacial score (nSPS) is 11.4. The smallest absolute Gasteiger partial charge is 0.124 e. The van der Waals surface area contributed by atoms with Gasteiger partial charge in [-0.25, -0.2) is 4.98 Å². The van der Waals surface area contributed by atoms with Gasteiger partial charge in [-0.2, -0.15) is 0 Å². The van der Waals surface area contributed by atoms with Crippen LogP contribution in [0.15, 0.2) is 12.1 Å². The van der Waals surface area contributed by atoms with E-state index in [9.17, 15) is 0 Å².